The Morgan fingerprint density at radius 1 is 1.19 bits per heavy atom. The van der Waals surface area contributed by atoms with Crippen LogP contribution in [0.1, 0.15) is 48.4 Å². The molecule has 0 fully saturated rings. The minimum absolute atomic E-state index is 0.0495. The van der Waals surface area contributed by atoms with Gasteiger partial charge in [0.1, 0.15) is 11.6 Å². The van der Waals surface area contributed by atoms with Crippen LogP contribution in [0.25, 0.3) is 16.6 Å². The Labute approximate surface area is 150 Å². The van der Waals surface area contributed by atoms with Crippen LogP contribution in [0.5, 0.6) is 5.75 Å². The predicted octanol–water partition coefficient (Wildman–Crippen LogP) is 3.29. The Balaban J connectivity index is 2.44. The van der Waals surface area contributed by atoms with Gasteiger partial charge in [0.15, 0.2) is 5.78 Å². The highest BCUT2D eigenvalue weighted by atomic mass is 16.3. The number of nitrogens with zero attached hydrogens (tertiary/aromatic N) is 3. The van der Waals surface area contributed by atoms with Crippen molar-refractivity contribution in [1.29, 1.82) is 5.26 Å². The number of benzene rings is 2. The van der Waals surface area contributed by atoms with Crippen molar-refractivity contribution in [2.24, 2.45) is 0 Å². The Kier molecular flexibility index (Phi) is 4.31. The molecule has 0 bridgehead atoms. The predicted molar refractivity (Wildman–Crippen MR) is 97.8 cm³/mol. The Bertz CT molecular complexity index is 1120. The van der Waals surface area contributed by atoms with Gasteiger partial charge in [-0.05, 0) is 43.3 Å². The van der Waals surface area contributed by atoms with E-state index in [9.17, 15) is 14.7 Å². The third-order valence-corrected chi connectivity index (χ3v) is 4.17. The molecule has 1 heterocycles. The number of carbonyl (C=O) groups excluding carboxylic acids is 1. The highest BCUT2D eigenvalue weighted by Crippen LogP contribution is 2.27. The van der Waals surface area contributed by atoms with Crippen LogP contribution in [0.3, 0.4) is 0 Å². The molecule has 0 radical (unpaired) electrons. The van der Waals surface area contributed by atoms with Gasteiger partial charge in [0.05, 0.1) is 33.8 Å². The fourth-order valence-electron chi connectivity index (χ4n) is 2.93. The lowest BCUT2D eigenvalue weighted by molar-refractivity contribution is 0.101. The number of rotatable bonds is 3. The highest BCUT2D eigenvalue weighted by molar-refractivity contribution is 6.07. The van der Waals surface area contributed by atoms with Crippen LogP contribution in [0, 0.1) is 11.3 Å². The number of hydrogen-bond donors (Lipinski definition) is 1. The highest BCUT2D eigenvalue weighted by Gasteiger charge is 2.20. The monoisotopic (exact) mass is 347 g/mol. The normalized spacial score (nSPS) is 10.9. The summed E-state index contributed by atoms with van der Waals surface area (Å²) in [5.74, 6) is -0.182. The zero-order chi connectivity index (χ0) is 19.0. The number of aromatic hydroxyl groups is 1. The Hall–Kier alpha value is -3.46. The van der Waals surface area contributed by atoms with Crippen molar-refractivity contribution in [3.8, 4) is 17.5 Å². The minimum atomic E-state index is -0.356. The first-order chi connectivity index (χ1) is 12.3. The van der Waals surface area contributed by atoms with Crippen molar-refractivity contribution >= 4 is 16.7 Å². The smallest absolute Gasteiger partial charge is 0.266 e. The summed E-state index contributed by atoms with van der Waals surface area (Å²) in [6, 6.07) is 11.5. The number of hydrogen-bond acceptors (Lipinski definition) is 5. The van der Waals surface area contributed by atoms with Gasteiger partial charge >= 0.3 is 0 Å². The molecule has 0 amide bonds. The molecule has 0 saturated heterocycles. The van der Waals surface area contributed by atoms with Crippen molar-refractivity contribution in [1.82, 2.24) is 9.55 Å². The molecule has 0 spiro atoms. The Morgan fingerprint density at radius 2 is 1.85 bits per heavy atom. The van der Waals surface area contributed by atoms with Crippen LogP contribution >= 0.6 is 0 Å². The lowest BCUT2D eigenvalue weighted by atomic mass is 10.0. The molecule has 3 aromatic rings. The molecule has 0 aliphatic rings. The molecule has 0 atom stereocenters. The maximum atomic E-state index is 13.2. The van der Waals surface area contributed by atoms with Gasteiger partial charge in [0.25, 0.3) is 5.56 Å². The summed E-state index contributed by atoms with van der Waals surface area (Å²) in [6.07, 6.45) is 0. The maximum Gasteiger partial charge on any atom is 0.266 e. The maximum absolute atomic E-state index is 13.2. The average Bonchev–Trinajstić information content (AvgIpc) is 2.61. The summed E-state index contributed by atoms with van der Waals surface area (Å²) in [6.45, 7) is 5.12. The van der Waals surface area contributed by atoms with E-state index < -0.39 is 0 Å². The van der Waals surface area contributed by atoms with E-state index in [2.05, 4.69) is 4.98 Å². The van der Waals surface area contributed by atoms with Crippen LogP contribution in [0.4, 0.5) is 0 Å². The van der Waals surface area contributed by atoms with Gasteiger partial charge in [0, 0.05) is 5.92 Å². The van der Waals surface area contributed by atoms with Crippen molar-refractivity contribution in [2.45, 2.75) is 26.7 Å². The Morgan fingerprint density at radius 3 is 2.38 bits per heavy atom. The lowest BCUT2D eigenvalue weighted by Gasteiger charge is -2.17. The third-order valence-electron chi connectivity index (χ3n) is 4.17. The van der Waals surface area contributed by atoms with Crippen LogP contribution in [0.15, 0.2) is 41.2 Å². The third kappa shape index (κ3) is 2.74. The number of phenols is 1. The van der Waals surface area contributed by atoms with Gasteiger partial charge in [-0.25, -0.2) is 4.98 Å². The fourth-order valence-corrected chi connectivity index (χ4v) is 2.93. The van der Waals surface area contributed by atoms with Gasteiger partial charge < -0.3 is 5.11 Å². The fraction of sp³-hybridized carbons (Fsp3) is 0.200. The number of Topliss-reactive ketones (excluding diaryl/α,β-unsaturated/α-hetero) is 1. The van der Waals surface area contributed by atoms with Crippen LogP contribution in [-0.2, 0) is 0 Å². The second-order valence-corrected chi connectivity index (χ2v) is 6.34. The first-order valence-corrected chi connectivity index (χ1v) is 8.15. The topological polar surface area (TPSA) is 96.0 Å². The quantitative estimate of drug-likeness (QED) is 0.733. The summed E-state index contributed by atoms with van der Waals surface area (Å²) < 4.78 is 1.48. The van der Waals surface area contributed by atoms with Crippen molar-refractivity contribution in [3.05, 3.63) is 63.7 Å². The van der Waals surface area contributed by atoms with Gasteiger partial charge in [-0.1, -0.05) is 13.8 Å². The van der Waals surface area contributed by atoms with E-state index in [1.165, 1.54) is 23.6 Å². The molecular weight excluding hydrogens is 330 g/mol. The van der Waals surface area contributed by atoms with E-state index in [0.29, 0.717) is 17.1 Å². The lowest BCUT2D eigenvalue weighted by Crippen LogP contribution is -2.25. The molecule has 0 unspecified atom stereocenters. The number of carbonyl (C=O) groups is 1. The number of fused-ring (bicyclic) bond motifs is 1. The molecule has 6 heteroatoms. The van der Waals surface area contributed by atoms with Crippen LogP contribution in [0.2, 0.25) is 0 Å². The molecule has 26 heavy (non-hydrogen) atoms. The van der Waals surface area contributed by atoms with E-state index in [1.807, 2.05) is 19.9 Å². The number of nitriles is 1. The SMILES string of the molecule is CC(=O)c1c(O)ccc2c(=O)n(-c3ccc(C#N)cc3)c(C(C)C)nc12. The molecule has 1 aromatic heterocycles. The number of ketones is 1. The van der Waals surface area contributed by atoms with Crippen LogP contribution in [-0.4, -0.2) is 20.4 Å². The van der Waals surface area contributed by atoms with Gasteiger partial charge in [-0.2, -0.15) is 5.26 Å². The molecule has 130 valence electrons. The van der Waals surface area contributed by atoms with Gasteiger partial charge in [0.2, 0.25) is 0 Å². The van der Waals surface area contributed by atoms with Crippen LogP contribution < -0.4 is 5.56 Å². The zero-order valence-electron chi connectivity index (χ0n) is 14.6. The summed E-state index contributed by atoms with van der Waals surface area (Å²) >= 11 is 0. The molecule has 0 aliphatic carbocycles. The molecule has 0 aliphatic heterocycles. The average molecular weight is 347 g/mol. The van der Waals surface area contributed by atoms with Gasteiger partial charge in [-0.3, -0.25) is 14.2 Å². The second-order valence-electron chi connectivity index (χ2n) is 6.34. The molecule has 1 N–H and O–H groups in total. The van der Waals surface area contributed by atoms with E-state index in [0.717, 1.165) is 0 Å². The summed E-state index contributed by atoms with van der Waals surface area (Å²) in [5.41, 5.74) is 1.01. The molecule has 0 saturated carbocycles. The number of aromatic nitrogens is 2. The molecular formula is C20H17N3O3. The zero-order valence-corrected chi connectivity index (χ0v) is 14.6. The first kappa shape index (κ1) is 17.4. The first-order valence-electron chi connectivity index (χ1n) is 8.15. The molecule has 2 aromatic carbocycles. The van der Waals surface area contributed by atoms with Gasteiger partial charge in [-0.15, -0.1) is 0 Å². The van der Waals surface area contributed by atoms with E-state index in [-0.39, 0.29) is 39.5 Å². The van der Waals surface area contributed by atoms with Crippen molar-refractivity contribution < 1.29 is 9.90 Å². The summed E-state index contributed by atoms with van der Waals surface area (Å²) in [5, 5.41) is 19.3. The van der Waals surface area contributed by atoms with E-state index in [1.54, 1.807) is 24.3 Å². The number of phenolic OH excluding ortho intramolecular Hbond substituents is 1. The standard InChI is InChI=1S/C20H17N3O3/c1-11(2)19-22-18-15(8-9-16(25)17(18)12(3)24)20(26)23(19)14-6-4-13(10-21)5-7-14/h4-9,11,25H,1-3H3. The van der Waals surface area contributed by atoms with Crippen molar-refractivity contribution in [3.63, 3.8) is 0 Å². The molecule has 3 rings (SSSR count). The minimum Gasteiger partial charge on any atom is -0.507 e. The molecule has 6 nitrogen and oxygen atoms in total. The summed E-state index contributed by atoms with van der Waals surface area (Å²) in [4.78, 5) is 29.7. The second kappa shape index (κ2) is 6.45. The van der Waals surface area contributed by atoms with E-state index >= 15 is 0 Å². The van der Waals surface area contributed by atoms with E-state index in [4.69, 9.17) is 5.26 Å². The summed E-state index contributed by atoms with van der Waals surface area (Å²) in [7, 11) is 0. The van der Waals surface area contributed by atoms with Crippen molar-refractivity contribution in [2.75, 3.05) is 0 Å². The largest absolute Gasteiger partial charge is 0.507 e.